The van der Waals surface area contributed by atoms with Crippen LogP contribution in [-0.4, -0.2) is 36.6 Å². The highest BCUT2D eigenvalue weighted by Gasteiger charge is 2.17. The Morgan fingerprint density at radius 1 is 1.47 bits per heavy atom. The van der Waals surface area contributed by atoms with Crippen LogP contribution >= 0.6 is 0 Å². The fourth-order valence-corrected chi connectivity index (χ4v) is 2.12. The van der Waals surface area contributed by atoms with Gasteiger partial charge in [-0.2, -0.15) is 5.26 Å². The van der Waals surface area contributed by atoms with Gasteiger partial charge in [-0.1, -0.05) is 6.42 Å². The van der Waals surface area contributed by atoms with Crippen LogP contribution in [0.1, 0.15) is 39.5 Å². The molecule has 1 fully saturated rings. The normalized spacial score (nSPS) is 21.9. The largest absolute Gasteiger partial charge is 0.313 e. The van der Waals surface area contributed by atoms with Crippen molar-refractivity contribution in [3.05, 3.63) is 0 Å². The third-order valence-corrected chi connectivity index (χ3v) is 3.11. The van der Waals surface area contributed by atoms with Gasteiger partial charge in [0, 0.05) is 31.6 Å². The number of nitrogens with one attached hydrogen (secondary N) is 1. The molecular formula is C12H23N3. The molecule has 1 rings (SSSR count). The number of nitrogens with zero attached hydrogens (tertiary/aromatic N) is 2. The molecule has 15 heavy (non-hydrogen) atoms. The van der Waals surface area contributed by atoms with E-state index >= 15 is 0 Å². The Morgan fingerprint density at radius 3 is 2.80 bits per heavy atom. The maximum atomic E-state index is 8.61. The van der Waals surface area contributed by atoms with Crippen LogP contribution in [0.4, 0.5) is 0 Å². The van der Waals surface area contributed by atoms with Crippen molar-refractivity contribution in [1.29, 1.82) is 5.26 Å². The van der Waals surface area contributed by atoms with Gasteiger partial charge in [-0.15, -0.1) is 0 Å². The highest BCUT2D eigenvalue weighted by molar-refractivity contribution is 4.80. The van der Waals surface area contributed by atoms with Crippen molar-refractivity contribution in [3.63, 3.8) is 0 Å². The van der Waals surface area contributed by atoms with Gasteiger partial charge in [-0.3, -0.25) is 4.90 Å². The predicted molar refractivity (Wildman–Crippen MR) is 62.6 cm³/mol. The Kier molecular flexibility index (Phi) is 5.67. The van der Waals surface area contributed by atoms with E-state index in [0.29, 0.717) is 18.5 Å². The summed E-state index contributed by atoms with van der Waals surface area (Å²) in [5, 5.41) is 12.2. The molecule has 0 amide bonds. The van der Waals surface area contributed by atoms with E-state index in [2.05, 4.69) is 30.1 Å². The minimum absolute atomic E-state index is 0.544. The molecule has 0 radical (unpaired) electrons. The van der Waals surface area contributed by atoms with Crippen LogP contribution in [0.3, 0.4) is 0 Å². The lowest BCUT2D eigenvalue weighted by molar-refractivity contribution is 0.188. The fourth-order valence-electron chi connectivity index (χ4n) is 2.12. The molecule has 1 heterocycles. The van der Waals surface area contributed by atoms with E-state index < -0.39 is 0 Å². The molecular weight excluding hydrogens is 186 g/mol. The van der Waals surface area contributed by atoms with Gasteiger partial charge >= 0.3 is 0 Å². The first-order valence-corrected chi connectivity index (χ1v) is 6.08. The molecule has 0 saturated carbocycles. The van der Waals surface area contributed by atoms with Crippen LogP contribution < -0.4 is 5.32 Å². The van der Waals surface area contributed by atoms with Crippen LogP contribution in [0, 0.1) is 11.3 Å². The smallest absolute Gasteiger partial charge is 0.0635 e. The maximum absolute atomic E-state index is 8.61. The molecule has 3 nitrogen and oxygen atoms in total. The standard InChI is InChI=1S/C12H23N3/c1-11(2)15(9-5-7-13)10-12-6-3-4-8-14-12/h11-12,14H,3-6,8-10H2,1-2H3. The van der Waals surface area contributed by atoms with Gasteiger partial charge in [0.2, 0.25) is 0 Å². The summed E-state index contributed by atoms with van der Waals surface area (Å²) in [6.45, 7) is 7.58. The van der Waals surface area contributed by atoms with E-state index in [-0.39, 0.29) is 0 Å². The number of piperidine rings is 1. The van der Waals surface area contributed by atoms with E-state index in [0.717, 1.165) is 19.6 Å². The van der Waals surface area contributed by atoms with Gasteiger partial charge in [0.05, 0.1) is 6.07 Å². The highest BCUT2D eigenvalue weighted by Crippen LogP contribution is 2.10. The van der Waals surface area contributed by atoms with Crippen molar-refractivity contribution < 1.29 is 0 Å². The van der Waals surface area contributed by atoms with Crippen LogP contribution in [0.15, 0.2) is 0 Å². The minimum atomic E-state index is 0.544. The first-order valence-electron chi connectivity index (χ1n) is 6.08. The van der Waals surface area contributed by atoms with Gasteiger partial charge in [0.25, 0.3) is 0 Å². The number of nitriles is 1. The van der Waals surface area contributed by atoms with Gasteiger partial charge in [0.1, 0.15) is 0 Å². The number of rotatable bonds is 5. The third kappa shape index (κ3) is 4.63. The summed E-state index contributed by atoms with van der Waals surface area (Å²) in [4.78, 5) is 2.41. The summed E-state index contributed by atoms with van der Waals surface area (Å²) in [5.74, 6) is 0. The van der Waals surface area contributed by atoms with E-state index in [4.69, 9.17) is 5.26 Å². The Hall–Kier alpha value is -0.590. The van der Waals surface area contributed by atoms with Crippen LogP contribution in [0.2, 0.25) is 0 Å². The molecule has 0 aromatic carbocycles. The van der Waals surface area contributed by atoms with Crippen LogP contribution in [0.5, 0.6) is 0 Å². The molecule has 0 bridgehead atoms. The third-order valence-electron chi connectivity index (χ3n) is 3.11. The van der Waals surface area contributed by atoms with Crippen molar-refractivity contribution in [2.45, 2.75) is 51.6 Å². The zero-order valence-corrected chi connectivity index (χ0v) is 10.00. The topological polar surface area (TPSA) is 39.1 Å². The second kappa shape index (κ2) is 6.81. The highest BCUT2D eigenvalue weighted by atomic mass is 15.2. The minimum Gasteiger partial charge on any atom is -0.313 e. The van der Waals surface area contributed by atoms with Crippen molar-refractivity contribution in [3.8, 4) is 6.07 Å². The predicted octanol–water partition coefficient (Wildman–Crippen LogP) is 1.75. The Balaban J connectivity index is 2.32. The fraction of sp³-hybridized carbons (Fsp3) is 0.917. The molecule has 1 N–H and O–H groups in total. The van der Waals surface area contributed by atoms with E-state index in [1.807, 2.05) is 0 Å². The molecule has 1 atom stereocenters. The van der Waals surface area contributed by atoms with Crippen molar-refractivity contribution in [1.82, 2.24) is 10.2 Å². The monoisotopic (exact) mass is 209 g/mol. The first kappa shape index (κ1) is 12.5. The Bertz CT molecular complexity index is 201. The average molecular weight is 209 g/mol. The Labute approximate surface area is 93.5 Å². The Morgan fingerprint density at radius 2 is 2.27 bits per heavy atom. The zero-order valence-electron chi connectivity index (χ0n) is 10.00. The van der Waals surface area contributed by atoms with Crippen molar-refractivity contribution >= 4 is 0 Å². The quantitative estimate of drug-likeness (QED) is 0.750. The van der Waals surface area contributed by atoms with Crippen LogP contribution in [-0.2, 0) is 0 Å². The summed E-state index contributed by atoms with van der Waals surface area (Å²) >= 11 is 0. The lowest BCUT2D eigenvalue weighted by atomic mass is 10.0. The molecule has 1 saturated heterocycles. The second-order valence-corrected chi connectivity index (χ2v) is 4.64. The summed E-state index contributed by atoms with van der Waals surface area (Å²) < 4.78 is 0. The maximum Gasteiger partial charge on any atom is 0.0635 e. The summed E-state index contributed by atoms with van der Waals surface area (Å²) in [6, 6.07) is 3.41. The molecule has 0 aliphatic carbocycles. The van der Waals surface area contributed by atoms with E-state index in [9.17, 15) is 0 Å². The van der Waals surface area contributed by atoms with Gasteiger partial charge in [-0.25, -0.2) is 0 Å². The average Bonchev–Trinajstić information content (AvgIpc) is 2.25. The zero-order chi connectivity index (χ0) is 11.1. The molecule has 86 valence electrons. The van der Waals surface area contributed by atoms with Gasteiger partial charge in [0.15, 0.2) is 0 Å². The second-order valence-electron chi connectivity index (χ2n) is 4.64. The van der Waals surface area contributed by atoms with Crippen molar-refractivity contribution in [2.24, 2.45) is 0 Å². The molecule has 0 spiro atoms. The summed E-state index contributed by atoms with van der Waals surface area (Å²) in [5.41, 5.74) is 0. The SMILES string of the molecule is CC(C)N(CCC#N)CC1CCCCN1. The van der Waals surface area contributed by atoms with E-state index in [1.165, 1.54) is 19.3 Å². The summed E-state index contributed by atoms with van der Waals surface area (Å²) in [7, 11) is 0. The number of hydrogen-bond donors (Lipinski definition) is 1. The first-order chi connectivity index (χ1) is 7.24. The molecule has 1 aliphatic heterocycles. The molecule has 0 aromatic heterocycles. The molecule has 3 heteroatoms. The van der Waals surface area contributed by atoms with E-state index in [1.54, 1.807) is 0 Å². The molecule has 1 unspecified atom stereocenters. The lowest BCUT2D eigenvalue weighted by Gasteiger charge is -2.32. The summed E-state index contributed by atoms with van der Waals surface area (Å²) in [6.07, 6.45) is 4.60. The molecule has 1 aliphatic rings. The molecule has 0 aromatic rings. The van der Waals surface area contributed by atoms with Crippen molar-refractivity contribution in [2.75, 3.05) is 19.6 Å². The van der Waals surface area contributed by atoms with Gasteiger partial charge < -0.3 is 5.32 Å². The number of hydrogen-bond acceptors (Lipinski definition) is 3. The lowest BCUT2D eigenvalue weighted by Crippen LogP contribution is -2.46. The van der Waals surface area contributed by atoms with Gasteiger partial charge in [-0.05, 0) is 33.2 Å². The van der Waals surface area contributed by atoms with Crippen LogP contribution in [0.25, 0.3) is 0 Å².